The van der Waals surface area contributed by atoms with Crippen molar-refractivity contribution in [1.29, 1.82) is 0 Å². The smallest absolute Gasteiger partial charge is 0.152 e. The summed E-state index contributed by atoms with van der Waals surface area (Å²) >= 11 is 0. The lowest BCUT2D eigenvalue weighted by molar-refractivity contribution is 0.305. The van der Waals surface area contributed by atoms with Crippen LogP contribution in [0.2, 0.25) is 0 Å². The van der Waals surface area contributed by atoms with E-state index in [2.05, 4.69) is 15.4 Å². The van der Waals surface area contributed by atoms with Gasteiger partial charge in [0.2, 0.25) is 0 Å². The highest BCUT2D eigenvalue weighted by atomic mass is 19.1. The summed E-state index contributed by atoms with van der Waals surface area (Å²) in [5.74, 6) is 1.06. The number of methoxy groups -OCH3 is 1. The molecule has 0 amide bonds. The summed E-state index contributed by atoms with van der Waals surface area (Å²) < 4.78 is 23.9. The van der Waals surface area contributed by atoms with Crippen LogP contribution in [0.4, 0.5) is 10.2 Å². The van der Waals surface area contributed by atoms with E-state index in [0.717, 1.165) is 42.8 Å². The van der Waals surface area contributed by atoms with Crippen LogP contribution in [0, 0.1) is 0 Å². The van der Waals surface area contributed by atoms with Crippen molar-refractivity contribution in [3.8, 4) is 0 Å². The molecule has 31 heavy (non-hydrogen) atoms. The van der Waals surface area contributed by atoms with Crippen molar-refractivity contribution in [3.05, 3.63) is 71.9 Å². The first kappa shape index (κ1) is 20.8. The number of aryl methyl sites for hydroxylation is 1. The number of hydrogen-bond acceptors (Lipinski definition) is 5. The molecule has 4 heterocycles. The van der Waals surface area contributed by atoms with E-state index in [4.69, 9.17) is 9.84 Å². The third-order valence-electron chi connectivity index (χ3n) is 5.38. The Balaban J connectivity index is 1.70. The summed E-state index contributed by atoms with van der Waals surface area (Å²) in [6.07, 6.45) is 13.1. The van der Waals surface area contributed by atoms with Crippen molar-refractivity contribution < 1.29 is 9.13 Å². The second-order valence-corrected chi connectivity index (χ2v) is 7.37. The van der Waals surface area contributed by atoms with Crippen molar-refractivity contribution in [2.45, 2.75) is 45.7 Å². The maximum absolute atomic E-state index is 14.8. The van der Waals surface area contributed by atoms with Gasteiger partial charge in [-0.25, -0.2) is 13.9 Å². The molecule has 1 atom stereocenters. The Morgan fingerprint density at radius 1 is 1.39 bits per heavy atom. The summed E-state index contributed by atoms with van der Waals surface area (Å²) in [5.41, 5.74) is 2.93. The lowest BCUT2D eigenvalue weighted by Crippen LogP contribution is -2.22. The molecule has 0 aliphatic carbocycles. The van der Waals surface area contributed by atoms with Gasteiger partial charge in [0.05, 0.1) is 30.7 Å². The van der Waals surface area contributed by atoms with Crippen molar-refractivity contribution in [2.24, 2.45) is 0 Å². The summed E-state index contributed by atoms with van der Waals surface area (Å²) in [4.78, 5) is 4.49. The van der Waals surface area contributed by atoms with E-state index >= 15 is 0 Å². The van der Waals surface area contributed by atoms with Crippen LogP contribution in [0.1, 0.15) is 50.5 Å². The molecule has 7 nitrogen and oxygen atoms in total. The molecule has 8 heteroatoms. The number of fused-ring (bicyclic) bond motifs is 2. The number of ether oxygens (including phenoxy) is 1. The quantitative estimate of drug-likeness (QED) is 0.425. The van der Waals surface area contributed by atoms with Crippen LogP contribution >= 0.6 is 0 Å². The molecule has 162 valence electrons. The van der Waals surface area contributed by atoms with Gasteiger partial charge in [0.1, 0.15) is 17.1 Å². The van der Waals surface area contributed by atoms with E-state index < -0.39 is 0 Å². The first-order valence-corrected chi connectivity index (χ1v) is 10.6. The van der Waals surface area contributed by atoms with Gasteiger partial charge in [-0.15, -0.1) is 0 Å². The number of hydrogen-bond donors (Lipinski definition) is 1. The number of halogens is 1. The van der Waals surface area contributed by atoms with Crippen LogP contribution in [0.3, 0.4) is 0 Å². The average Bonchev–Trinajstić information content (AvgIpc) is 3.44. The molecule has 0 spiro atoms. The second kappa shape index (κ2) is 9.16. The molecule has 0 saturated carbocycles. The summed E-state index contributed by atoms with van der Waals surface area (Å²) in [7, 11) is 1.59. The maximum atomic E-state index is 14.8. The highest BCUT2D eigenvalue weighted by Crippen LogP contribution is 2.33. The fourth-order valence-electron chi connectivity index (χ4n) is 3.86. The lowest BCUT2D eigenvalue weighted by atomic mass is 10.0. The molecule has 1 aliphatic rings. The zero-order chi connectivity index (χ0) is 21.8. The Morgan fingerprint density at radius 2 is 2.26 bits per heavy atom. The third kappa shape index (κ3) is 4.23. The Labute approximate surface area is 180 Å². The van der Waals surface area contributed by atoms with Gasteiger partial charge in [0.25, 0.3) is 0 Å². The Hall–Kier alpha value is -3.42. The van der Waals surface area contributed by atoms with Crippen LogP contribution in [0.15, 0.2) is 60.5 Å². The van der Waals surface area contributed by atoms with E-state index in [0.29, 0.717) is 17.0 Å². The SMILES string of the molecule is C\C=C(F)/C(=C\C(=C\CC)OC)c1cc2n(n1)CCCC2Nc1nccn2nccc12. The van der Waals surface area contributed by atoms with E-state index in [1.165, 1.54) is 6.08 Å². The molecular formula is C23H27FN6O. The predicted molar refractivity (Wildman–Crippen MR) is 119 cm³/mol. The Morgan fingerprint density at radius 3 is 3.03 bits per heavy atom. The van der Waals surface area contributed by atoms with Crippen LogP contribution < -0.4 is 5.32 Å². The molecule has 0 radical (unpaired) electrons. The van der Waals surface area contributed by atoms with Gasteiger partial charge < -0.3 is 10.1 Å². The van der Waals surface area contributed by atoms with E-state index in [1.807, 2.05) is 36.0 Å². The van der Waals surface area contributed by atoms with Gasteiger partial charge in [-0.3, -0.25) is 4.68 Å². The zero-order valence-corrected chi connectivity index (χ0v) is 18.0. The Bertz CT molecular complexity index is 1160. The molecule has 3 aromatic rings. The monoisotopic (exact) mass is 422 g/mol. The molecule has 1 aliphatic heterocycles. The number of rotatable bonds is 7. The normalized spacial score (nSPS) is 17.7. The molecule has 1 N–H and O–H groups in total. The minimum Gasteiger partial charge on any atom is -0.497 e. The van der Waals surface area contributed by atoms with Crippen molar-refractivity contribution in [1.82, 2.24) is 24.4 Å². The fraction of sp³-hybridized carbons (Fsp3) is 0.348. The lowest BCUT2D eigenvalue weighted by Gasteiger charge is -2.25. The molecular weight excluding hydrogens is 395 g/mol. The molecule has 4 rings (SSSR count). The van der Waals surface area contributed by atoms with Crippen molar-refractivity contribution in [3.63, 3.8) is 0 Å². The summed E-state index contributed by atoms with van der Waals surface area (Å²) in [6, 6.07) is 3.91. The first-order valence-electron chi connectivity index (χ1n) is 10.6. The molecule has 0 fully saturated rings. The zero-order valence-electron chi connectivity index (χ0n) is 18.0. The van der Waals surface area contributed by atoms with Gasteiger partial charge >= 0.3 is 0 Å². The third-order valence-corrected chi connectivity index (χ3v) is 5.38. The number of nitrogens with zero attached hydrogens (tertiary/aromatic N) is 5. The maximum Gasteiger partial charge on any atom is 0.152 e. The average molecular weight is 423 g/mol. The van der Waals surface area contributed by atoms with Gasteiger partial charge in [-0.1, -0.05) is 13.0 Å². The molecule has 1 unspecified atom stereocenters. The topological polar surface area (TPSA) is 69.3 Å². The Kier molecular flexibility index (Phi) is 6.16. The van der Waals surface area contributed by atoms with Crippen molar-refractivity contribution in [2.75, 3.05) is 12.4 Å². The van der Waals surface area contributed by atoms with Gasteiger partial charge in [-0.2, -0.15) is 10.2 Å². The first-order chi connectivity index (χ1) is 15.1. The summed E-state index contributed by atoms with van der Waals surface area (Å²) in [5, 5.41) is 12.5. The molecule has 0 bridgehead atoms. The minimum absolute atomic E-state index is 0.0200. The second-order valence-electron chi connectivity index (χ2n) is 7.37. The number of anilines is 1. The largest absolute Gasteiger partial charge is 0.497 e. The highest BCUT2D eigenvalue weighted by molar-refractivity contribution is 5.77. The molecule has 0 aromatic carbocycles. The highest BCUT2D eigenvalue weighted by Gasteiger charge is 2.25. The molecule has 0 saturated heterocycles. The predicted octanol–water partition coefficient (Wildman–Crippen LogP) is 5.07. The standard InChI is InChI=1S/C23H27FN6O/c1-4-7-16(31-3)14-17(18(24)5-2)20-15-22-19(8-6-12-30(22)28-20)27-23-21-9-10-26-29(21)13-11-25-23/h5,7,9-11,13-15,19H,4,6,8,12H2,1-3H3,(H,25,27)/b16-7-,17-14+,18-5+. The van der Waals surface area contributed by atoms with Crippen LogP contribution in [0.25, 0.3) is 11.1 Å². The van der Waals surface area contributed by atoms with E-state index in [-0.39, 0.29) is 11.9 Å². The van der Waals surface area contributed by atoms with Crippen molar-refractivity contribution >= 4 is 16.9 Å². The number of allylic oxidation sites excluding steroid dienone is 5. The van der Waals surface area contributed by atoms with Crippen LogP contribution in [0.5, 0.6) is 0 Å². The van der Waals surface area contributed by atoms with E-state index in [1.54, 1.807) is 37.0 Å². The van der Waals surface area contributed by atoms with Crippen LogP contribution in [-0.2, 0) is 11.3 Å². The summed E-state index contributed by atoms with van der Waals surface area (Å²) in [6.45, 7) is 4.49. The number of aromatic nitrogens is 5. The van der Waals surface area contributed by atoms with E-state index in [9.17, 15) is 4.39 Å². The van der Waals surface area contributed by atoms with Gasteiger partial charge in [0, 0.05) is 24.5 Å². The van der Waals surface area contributed by atoms with Gasteiger partial charge in [0.15, 0.2) is 5.82 Å². The minimum atomic E-state index is -0.329. The number of nitrogens with one attached hydrogen (secondary N) is 1. The van der Waals surface area contributed by atoms with Crippen LogP contribution in [-0.4, -0.2) is 31.5 Å². The fourth-order valence-corrected chi connectivity index (χ4v) is 3.86. The van der Waals surface area contributed by atoms with Gasteiger partial charge in [-0.05, 0) is 50.5 Å². The molecule has 3 aromatic heterocycles.